The van der Waals surface area contributed by atoms with Crippen molar-refractivity contribution in [1.29, 1.82) is 0 Å². The van der Waals surface area contributed by atoms with Crippen molar-refractivity contribution in [2.24, 2.45) is 5.73 Å². The second kappa shape index (κ2) is 6.91. The predicted molar refractivity (Wildman–Crippen MR) is 80.2 cm³/mol. The van der Waals surface area contributed by atoms with Gasteiger partial charge in [0.1, 0.15) is 0 Å². The second-order valence-electron chi connectivity index (χ2n) is 5.81. The van der Waals surface area contributed by atoms with E-state index in [0.29, 0.717) is 11.8 Å². The van der Waals surface area contributed by atoms with Gasteiger partial charge in [-0.2, -0.15) is 0 Å². The van der Waals surface area contributed by atoms with Gasteiger partial charge in [0.05, 0.1) is 0 Å². The zero-order valence-electron chi connectivity index (χ0n) is 12.5. The third kappa shape index (κ3) is 4.11. The topological polar surface area (TPSA) is 29.3 Å². The van der Waals surface area contributed by atoms with Crippen LogP contribution in [0.3, 0.4) is 0 Å². The third-order valence-electron chi connectivity index (χ3n) is 3.51. The van der Waals surface area contributed by atoms with Crippen LogP contribution in [0.1, 0.15) is 48.8 Å². The molecule has 1 rings (SSSR count). The monoisotopic (exact) mass is 248 g/mol. The normalized spacial score (nSPS) is 13.3. The predicted octanol–water partition coefficient (Wildman–Crippen LogP) is 3.11. The second-order valence-corrected chi connectivity index (χ2v) is 5.81. The molecule has 0 heterocycles. The number of nitrogens with two attached hydrogens (primary N) is 1. The van der Waals surface area contributed by atoms with Gasteiger partial charge >= 0.3 is 0 Å². The summed E-state index contributed by atoms with van der Waals surface area (Å²) in [6.45, 7) is 8.53. The maximum atomic E-state index is 5.77. The fourth-order valence-corrected chi connectivity index (χ4v) is 2.44. The van der Waals surface area contributed by atoms with Gasteiger partial charge in [0.25, 0.3) is 0 Å². The van der Waals surface area contributed by atoms with Gasteiger partial charge in [0.15, 0.2) is 0 Å². The summed E-state index contributed by atoms with van der Waals surface area (Å²) in [4.78, 5) is 2.25. The van der Waals surface area contributed by atoms with Crippen LogP contribution in [0.2, 0.25) is 0 Å². The summed E-state index contributed by atoms with van der Waals surface area (Å²) < 4.78 is 0. The molecular formula is C16H28N2. The van der Waals surface area contributed by atoms with E-state index in [1.165, 1.54) is 16.7 Å². The quantitative estimate of drug-likeness (QED) is 0.838. The molecule has 2 heteroatoms. The van der Waals surface area contributed by atoms with Gasteiger partial charge in [-0.25, -0.2) is 0 Å². The van der Waals surface area contributed by atoms with Gasteiger partial charge in [-0.3, -0.25) is 0 Å². The molecule has 18 heavy (non-hydrogen) atoms. The van der Waals surface area contributed by atoms with Crippen LogP contribution in [0, 0.1) is 6.92 Å². The van der Waals surface area contributed by atoms with Crippen LogP contribution in [0.15, 0.2) is 18.2 Å². The highest BCUT2D eigenvalue weighted by Crippen LogP contribution is 2.27. The highest BCUT2D eigenvalue weighted by atomic mass is 15.1. The van der Waals surface area contributed by atoms with Crippen LogP contribution < -0.4 is 5.73 Å². The summed E-state index contributed by atoms with van der Waals surface area (Å²) in [6.07, 6.45) is 1.06. The van der Waals surface area contributed by atoms with Crippen molar-refractivity contribution in [3.63, 3.8) is 0 Å². The Hall–Kier alpha value is -0.860. The van der Waals surface area contributed by atoms with E-state index in [2.05, 4.69) is 58.0 Å². The molecule has 0 aliphatic rings. The highest BCUT2D eigenvalue weighted by molar-refractivity contribution is 5.35. The lowest BCUT2D eigenvalue weighted by Crippen LogP contribution is -2.23. The van der Waals surface area contributed by atoms with Crippen LogP contribution >= 0.6 is 0 Å². The standard InChI is InChI=1S/C16H28N2/c1-12(2)14-7-6-13(3)16(10-14)15(8-9-17)11-18(4)5/h6-7,10,12,15H,8-9,11,17H2,1-5H3. The molecule has 0 amide bonds. The molecule has 2 N–H and O–H groups in total. The van der Waals surface area contributed by atoms with E-state index >= 15 is 0 Å². The van der Waals surface area contributed by atoms with Crippen LogP contribution in [0.25, 0.3) is 0 Å². The molecule has 2 nitrogen and oxygen atoms in total. The molecule has 0 saturated carbocycles. The Morgan fingerprint density at radius 2 is 1.89 bits per heavy atom. The number of nitrogens with zero attached hydrogens (tertiary/aromatic N) is 1. The fraction of sp³-hybridized carbons (Fsp3) is 0.625. The molecule has 0 bridgehead atoms. The molecule has 1 aromatic carbocycles. The maximum absolute atomic E-state index is 5.77. The van der Waals surface area contributed by atoms with Crippen molar-refractivity contribution in [2.45, 2.75) is 39.0 Å². The molecular weight excluding hydrogens is 220 g/mol. The molecule has 1 atom stereocenters. The number of aryl methyl sites for hydroxylation is 1. The van der Waals surface area contributed by atoms with Crippen LogP contribution in [-0.2, 0) is 0 Å². The third-order valence-corrected chi connectivity index (χ3v) is 3.51. The van der Waals surface area contributed by atoms with Gasteiger partial charge < -0.3 is 10.6 Å². The zero-order valence-corrected chi connectivity index (χ0v) is 12.5. The minimum absolute atomic E-state index is 0.545. The number of likely N-dealkylation sites (N-methyl/N-ethyl adjacent to an activating group) is 1. The van der Waals surface area contributed by atoms with Crippen molar-refractivity contribution in [3.8, 4) is 0 Å². The summed E-state index contributed by atoms with van der Waals surface area (Å²) >= 11 is 0. The molecule has 1 unspecified atom stereocenters. The summed E-state index contributed by atoms with van der Waals surface area (Å²) in [5.41, 5.74) is 10.1. The molecule has 0 spiro atoms. The van der Waals surface area contributed by atoms with Gasteiger partial charge in [0, 0.05) is 6.54 Å². The molecule has 102 valence electrons. The van der Waals surface area contributed by atoms with Gasteiger partial charge in [-0.05, 0) is 62.5 Å². The molecule has 0 aromatic heterocycles. The van der Waals surface area contributed by atoms with E-state index in [0.717, 1.165) is 19.5 Å². The summed E-state index contributed by atoms with van der Waals surface area (Å²) in [5.74, 6) is 1.13. The van der Waals surface area contributed by atoms with Crippen molar-refractivity contribution in [2.75, 3.05) is 27.2 Å². The Morgan fingerprint density at radius 1 is 1.22 bits per heavy atom. The lowest BCUT2D eigenvalue weighted by atomic mass is 9.88. The molecule has 0 aliphatic carbocycles. The lowest BCUT2D eigenvalue weighted by Gasteiger charge is -2.24. The van der Waals surface area contributed by atoms with E-state index in [-0.39, 0.29) is 0 Å². The largest absolute Gasteiger partial charge is 0.330 e. The first kappa shape index (κ1) is 15.2. The zero-order chi connectivity index (χ0) is 13.7. The molecule has 0 fully saturated rings. The van der Waals surface area contributed by atoms with Crippen LogP contribution in [-0.4, -0.2) is 32.1 Å². The summed E-state index contributed by atoms with van der Waals surface area (Å²) in [7, 11) is 4.26. The Balaban J connectivity index is 3.05. The Morgan fingerprint density at radius 3 is 2.39 bits per heavy atom. The van der Waals surface area contributed by atoms with Gasteiger partial charge in [0.2, 0.25) is 0 Å². The van der Waals surface area contributed by atoms with E-state index in [1.54, 1.807) is 0 Å². The van der Waals surface area contributed by atoms with E-state index < -0.39 is 0 Å². The number of rotatable bonds is 6. The molecule has 0 saturated heterocycles. The van der Waals surface area contributed by atoms with Crippen molar-refractivity contribution < 1.29 is 0 Å². The van der Waals surface area contributed by atoms with Crippen molar-refractivity contribution in [1.82, 2.24) is 4.90 Å². The average molecular weight is 248 g/mol. The lowest BCUT2D eigenvalue weighted by molar-refractivity contribution is 0.364. The number of hydrogen-bond acceptors (Lipinski definition) is 2. The first-order valence-corrected chi connectivity index (χ1v) is 6.91. The maximum Gasteiger partial charge on any atom is 0.00447 e. The van der Waals surface area contributed by atoms with E-state index in [4.69, 9.17) is 5.73 Å². The van der Waals surface area contributed by atoms with Gasteiger partial charge in [-0.15, -0.1) is 0 Å². The minimum Gasteiger partial charge on any atom is -0.330 e. The SMILES string of the molecule is Cc1ccc(C(C)C)cc1C(CCN)CN(C)C. The van der Waals surface area contributed by atoms with Crippen molar-refractivity contribution >= 4 is 0 Å². The smallest absolute Gasteiger partial charge is 0.00447 e. The Labute approximate surface area is 112 Å². The first-order valence-electron chi connectivity index (χ1n) is 6.91. The van der Waals surface area contributed by atoms with Crippen molar-refractivity contribution in [3.05, 3.63) is 34.9 Å². The Bertz CT molecular complexity index is 369. The minimum atomic E-state index is 0.545. The first-order chi connectivity index (χ1) is 8.45. The molecule has 0 radical (unpaired) electrons. The summed E-state index contributed by atoms with van der Waals surface area (Å²) in [5, 5.41) is 0. The van der Waals surface area contributed by atoms with E-state index in [1.807, 2.05) is 0 Å². The van der Waals surface area contributed by atoms with E-state index in [9.17, 15) is 0 Å². The Kier molecular flexibility index (Phi) is 5.83. The summed E-state index contributed by atoms with van der Waals surface area (Å²) in [6, 6.07) is 6.88. The fourth-order valence-electron chi connectivity index (χ4n) is 2.44. The molecule has 0 aliphatic heterocycles. The van der Waals surface area contributed by atoms with Crippen LogP contribution in [0.4, 0.5) is 0 Å². The highest BCUT2D eigenvalue weighted by Gasteiger charge is 2.15. The molecule has 1 aromatic rings. The average Bonchev–Trinajstić information content (AvgIpc) is 2.28. The number of hydrogen-bond donors (Lipinski definition) is 1. The number of benzene rings is 1. The van der Waals surface area contributed by atoms with Crippen LogP contribution in [0.5, 0.6) is 0 Å². The van der Waals surface area contributed by atoms with Gasteiger partial charge in [-0.1, -0.05) is 32.0 Å².